The highest BCUT2D eigenvalue weighted by Gasteiger charge is 2.46. The molecule has 3 aromatic rings. The van der Waals surface area contributed by atoms with Crippen LogP contribution in [-0.4, -0.2) is 40.5 Å². The van der Waals surface area contributed by atoms with Crippen LogP contribution in [0.1, 0.15) is 53.6 Å². The summed E-state index contributed by atoms with van der Waals surface area (Å²) < 4.78 is 10.9. The maximum atomic E-state index is 13.5. The number of Topliss-reactive ketones (excluding diaryl/α,β-unsaturated/α-hetero) is 1. The van der Waals surface area contributed by atoms with E-state index in [9.17, 15) is 19.8 Å². The maximum Gasteiger partial charge on any atom is 0.295 e. The zero-order chi connectivity index (χ0) is 26.8. The summed E-state index contributed by atoms with van der Waals surface area (Å²) >= 11 is 0. The van der Waals surface area contributed by atoms with Crippen molar-refractivity contribution in [3.63, 3.8) is 0 Å². The Morgan fingerprint density at radius 1 is 1.00 bits per heavy atom. The highest BCUT2D eigenvalue weighted by molar-refractivity contribution is 6.46. The Kier molecular flexibility index (Phi) is 7.09. The normalized spacial score (nSPS) is 18.4. The van der Waals surface area contributed by atoms with Crippen LogP contribution in [0, 0.1) is 0 Å². The van der Waals surface area contributed by atoms with Gasteiger partial charge in [0, 0.05) is 12.1 Å². The number of carbonyl (C=O) groups is 2. The molecule has 1 atom stereocenters. The van der Waals surface area contributed by atoms with Crippen molar-refractivity contribution < 1.29 is 29.3 Å². The molecule has 1 amide bonds. The van der Waals surface area contributed by atoms with Crippen LogP contribution in [0.2, 0.25) is 0 Å². The molecule has 1 heterocycles. The van der Waals surface area contributed by atoms with Crippen LogP contribution in [0.3, 0.4) is 0 Å². The average molecular weight is 514 g/mol. The number of aliphatic hydroxyl groups is 1. The number of rotatable bonds is 7. The molecule has 0 bridgehead atoms. The van der Waals surface area contributed by atoms with E-state index in [0.29, 0.717) is 23.5 Å². The summed E-state index contributed by atoms with van der Waals surface area (Å²) in [4.78, 5) is 28.4. The molecule has 7 nitrogen and oxygen atoms in total. The third kappa shape index (κ3) is 4.72. The molecule has 38 heavy (non-hydrogen) atoms. The molecule has 1 aliphatic heterocycles. The molecule has 2 aliphatic rings. The number of benzene rings is 3. The number of aryl methyl sites for hydroxylation is 2. The van der Waals surface area contributed by atoms with Gasteiger partial charge in [0.2, 0.25) is 0 Å². The van der Waals surface area contributed by atoms with Crippen molar-refractivity contribution in [3.8, 4) is 17.2 Å². The molecule has 1 fully saturated rings. The highest BCUT2D eigenvalue weighted by Crippen LogP contribution is 2.43. The number of ether oxygens (including phenoxy) is 2. The Morgan fingerprint density at radius 2 is 1.79 bits per heavy atom. The van der Waals surface area contributed by atoms with E-state index in [-0.39, 0.29) is 29.4 Å². The van der Waals surface area contributed by atoms with E-state index < -0.39 is 17.7 Å². The molecule has 1 aliphatic carbocycles. The topological polar surface area (TPSA) is 96.3 Å². The van der Waals surface area contributed by atoms with Gasteiger partial charge in [-0.05, 0) is 85.2 Å². The lowest BCUT2D eigenvalue weighted by Crippen LogP contribution is -2.29. The van der Waals surface area contributed by atoms with Crippen molar-refractivity contribution in [2.45, 2.75) is 45.2 Å². The number of fused-ring (bicyclic) bond motifs is 1. The lowest BCUT2D eigenvalue weighted by Gasteiger charge is -2.26. The van der Waals surface area contributed by atoms with Crippen molar-refractivity contribution in [2.75, 3.05) is 13.7 Å². The Labute approximate surface area is 221 Å². The summed E-state index contributed by atoms with van der Waals surface area (Å²) in [6, 6.07) is 16.9. The predicted molar refractivity (Wildman–Crippen MR) is 143 cm³/mol. The standard InChI is InChI=1S/C31H31NO6/c1-3-38-26-17-22(13-14-25(26)33)28-27(29(34)23-12-11-20-8-4-5-9-21(20)16-23)30(35)31(36)32(28)18-19-7-6-10-24(15-19)37-2/h6-7,10-17,28,33-34H,3-5,8-9,18H2,1-2H3/b29-27+. The summed E-state index contributed by atoms with van der Waals surface area (Å²) in [7, 11) is 1.57. The number of carbonyl (C=O) groups excluding carboxylic acids is 2. The number of phenols is 1. The van der Waals surface area contributed by atoms with Gasteiger partial charge in [-0.25, -0.2) is 0 Å². The van der Waals surface area contributed by atoms with Crippen molar-refractivity contribution in [3.05, 3.63) is 94.1 Å². The number of hydrogen-bond acceptors (Lipinski definition) is 6. The van der Waals surface area contributed by atoms with Crippen LogP contribution in [0.15, 0.2) is 66.2 Å². The molecule has 0 aromatic heterocycles. The van der Waals surface area contributed by atoms with Crippen molar-refractivity contribution in [2.24, 2.45) is 0 Å². The van der Waals surface area contributed by atoms with Crippen LogP contribution >= 0.6 is 0 Å². The van der Waals surface area contributed by atoms with Gasteiger partial charge in [-0.2, -0.15) is 0 Å². The van der Waals surface area contributed by atoms with Crippen molar-refractivity contribution in [1.29, 1.82) is 0 Å². The van der Waals surface area contributed by atoms with E-state index in [2.05, 4.69) is 0 Å². The van der Waals surface area contributed by atoms with Gasteiger partial charge >= 0.3 is 0 Å². The third-order valence-electron chi connectivity index (χ3n) is 7.25. The second-order valence-electron chi connectivity index (χ2n) is 9.63. The van der Waals surface area contributed by atoms with E-state index in [1.165, 1.54) is 16.5 Å². The van der Waals surface area contributed by atoms with Crippen LogP contribution < -0.4 is 9.47 Å². The number of amides is 1. The molecule has 0 radical (unpaired) electrons. The summed E-state index contributed by atoms with van der Waals surface area (Å²) in [5.41, 5.74) is 4.26. The third-order valence-corrected chi connectivity index (χ3v) is 7.25. The molecule has 196 valence electrons. The Bertz CT molecular complexity index is 1430. The van der Waals surface area contributed by atoms with E-state index >= 15 is 0 Å². The molecule has 1 unspecified atom stereocenters. The fourth-order valence-electron chi connectivity index (χ4n) is 5.37. The lowest BCUT2D eigenvalue weighted by atomic mass is 9.88. The number of methoxy groups -OCH3 is 1. The van der Waals surface area contributed by atoms with Crippen molar-refractivity contribution >= 4 is 17.4 Å². The van der Waals surface area contributed by atoms with Gasteiger partial charge in [-0.15, -0.1) is 0 Å². The van der Waals surface area contributed by atoms with Crippen LogP contribution in [0.5, 0.6) is 17.2 Å². The minimum Gasteiger partial charge on any atom is -0.507 e. The van der Waals surface area contributed by atoms with Crippen LogP contribution in [0.25, 0.3) is 5.76 Å². The highest BCUT2D eigenvalue weighted by atomic mass is 16.5. The second kappa shape index (κ2) is 10.6. The molecule has 3 aromatic carbocycles. The quantitative estimate of drug-likeness (QED) is 0.253. The minimum atomic E-state index is -0.878. The molecular weight excluding hydrogens is 482 g/mol. The summed E-state index contributed by atoms with van der Waals surface area (Å²) in [5, 5.41) is 21.8. The zero-order valence-corrected chi connectivity index (χ0v) is 21.6. The summed E-state index contributed by atoms with van der Waals surface area (Å²) in [6.07, 6.45) is 4.13. The van der Waals surface area contributed by atoms with Gasteiger partial charge in [-0.3, -0.25) is 9.59 Å². The van der Waals surface area contributed by atoms with Gasteiger partial charge in [0.15, 0.2) is 11.5 Å². The second-order valence-corrected chi connectivity index (χ2v) is 9.63. The molecule has 2 N–H and O–H groups in total. The van der Waals surface area contributed by atoms with E-state index in [1.807, 2.05) is 36.4 Å². The first-order chi connectivity index (χ1) is 18.4. The molecule has 1 saturated heterocycles. The number of nitrogens with zero attached hydrogens (tertiary/aromatic N) is 1. The molecule has 7 heteroatoms. The predicted octanol–water partition coefficient (Wildman–Crippen LogP) is 5.30. The lowest BCUT2D eigenvalue weighted by molar-refractivity contribution is -0.140. The average Bonchev–Trinajstić information content (AvgIpc) is 3.18. The van der Waals surface area contributed by atoms with E-state index in [1.54, 1.807) is 32.2 Å². The first-order valence-electron chi connectivity index (χ1n) is 12.9. The molecule has 0 saturated carbocycles. The zero-order valence-electron chi connectivity index (χ0n) is 21.6. The first-order valence-corrected chi connectivity index (χ1v) is 12.9. The number of likely N-dealkylation sites (tertiary alicyclic amines) is 1. The minimum absolute atomic E-state index is 0.0155. The van der Waals surface area contributed by atoms with E-state index in [0.717, 1.165) is 36.8 Å². The number of aromatic hydroxyl groups is 1. The molecule has 5 rings (SSSR count). The van der Waals surface area contributed by atoms with Crippen LogP contribution in [0.4, 0.5) is 0 Å². The number of aliphatic hydroxyl groups excluding tert-OH is 1. The summed E-state index contributed by atoms with van der Waals surface area (Å²) in [6.45, 7) is 2.26. The fourth-order valence-corrected chi connectivity index (χ4v) is 5.37. The maximum absolute atomic E-state index is 13.5. The van der Waals surface area contributed by atoms with E-state index in [4.69, 9.17) is 9.47 Å². The first kappa shape index (κ1) is 25.4. The molecule has 0 spiro atoms. The molecular formula is C31H31NO6. The van der Waals surface area contributed by atoms with Gasteiger partial charge in [0.25, 0.3) is 11.7 Å². The Morgan fingerprint density at radius 3 is 2.55 bits per heavy atom. The Hall–Kier alpha value is -4.26. The largest absolute Gasteiger partial charge is 0.507 e. The SMILES string of the molecule is CCOc1cc(C2/C(=C(\O)c3ccc4c(c3)CCCC4)C(=O)C(=O)N2Cc2cccc(OC)c2)ccc1O. The van der Waals surface area contributed by atoms with Gasteiger partial charge < -0.3 is 24.6 Å². The number of hydrogen-bond donors (Lipinski definition) is 2. The van der Waals surface area contributed by atoms with Gasteiger partial charge in [0.05, 0.1) is 25.3 Å². The fraction of sp³-hybridized carbons (Fsp3) is 0.290. The van der Waals surface area contributed by atoms with Gasteiger partial charge in [-0.1, -0.05) is 30.3 Å². The summed E-state index contributed by atoms with van der Waals surface area (Å²) in [5.74, 6) is -0.836. The monoisotopic (exact) mass is 513 g/mol. The van der Waals surface area contributed by atoms with Crippen molar-refractivity contribution in [1.82, 2.24) is 4.90 Å². The smallest absolute Gasteiger partial charge is 0.295 e. The number of phenolic OH excluding ortho intramolecular Hbond substituents is 1. The van der Waals surface area contributed by atoms with Crippen LogP contribution in [-0.2, 0) is 29.0 Å². The number of ketones is 1. The Balaban J connectivity index is 1.64. The van der Waals surface area contributed by atoms with Gasteiger partial charge in [0.1, 0.15) is 11.5 Å².